The van der Waals surface area contributed by atoms with Crippen molar-refractivity contribution in [1.29, 1.82) is 0 Å². The summed E-state index contributed by atoms with van der Waals surface area (Å²) in [6, 6.07) is 14.4. The second kappa shape index (κ2) is 8.70. The van der Waals surface area contributed by atoms with Gasteiger partial charge >= 0.3 is 0 Å². The number of rotatable bonds is 7. The number of aryl methyl sites for hydroxylation is 3. The molecule has 0 heterocycles. The molecule has 0 aromatic heterocycles. The Hall–Kier alpha value is -2.29. The molecule has 0 radical (unpaired) electrons. The first-order chi connectivity index (χ1) is 11.9. The lowest BCUT2D eigenvalue weighted by Gasteiger charge is -2.23. The fraction of sp³-hybridized carbons (Fsp3) is 0.409. The fourth-order valence-electron chi connectivity index (χ4n) is 2.79. The Kier molecular flexibility index (Phi) is 6.63. The van der Waals surface area contributed by atoms with Crippen molar-refractivity contribution >= 4 is 5.91 Å². The third-order valence-corrected chi connectivity index (χ3v) is 4.48. The summed E-state index contributed by atoms with van der Waals surface area (Å²) in [5.41, 5.74) is 4.52. The highest BCUT2D eigenvalue weighted by Gasteiger charge is 2.22. The van der Waals surface area contributed by atoms with Crippen molar-refractivity contribution in [3.8, 4) is 5.75 Å². The van der Waals surface area contributed by atoms with Crippen LogP contribution in [0.15, 0.2) is 42.5 Å². The normalized spacial score (nSPS) is 13.2. The van der Waals surface area contributed by atoms with E-state index < -0.39 is 6.10 Å². The Morgan fingerprint density at radius 2 is 1.60 bits per heavy atom. The second-order valence-electron chi connectivity index (χ2n) is 6.66. The zero-order chi connectivity index (χ0) is 18.4. The van der Waals surface area contributed by atoms with Crippen molar-refractivity contribution in [3.63, 3.8) is 0 Å². The van der Waals surface area contributed by atoms with E-state index >= 15 is 0 Å². The lowest BCUT2D eigenvalue weighted by molar-refractivity contribution is -0.129. The van der Waals surface area contributed by atoms with E-state index in [9.17, 15) is 4.79 Å². The van der Waals surface area contributed by atoms with Crippen LogP contribution in [0.3, 0.4) is 0 Å². The van der Waals surface area contributed by atoms with E-state index in [1.54, 1.807) is 0 Å². The number of amides is 1. The van der Waals surface area contributed by atoms with Crippen LogP contribution in [0.5, 0.6) is 5.75 Å². The van der Waals surface area contributed by atoms with Gasteiger partial charge in [-0.2, -0.15) is 0 Å². The van der Waals surface area contributed by atoms with Gasteiger partial charge in [0.25, 0.3) is 5.91 Å². The summed E-state index contributed by atoms with van der Waals surface area (Å²) in [6.45, 7) is 10.1. The molecule has 0 bridgehead atoms. The molecule has 0 unspecified atom stereocenters. The third kappa shape index (κ3) is 5.09. The molecule has 2 rings (SSSR count). The van der Waals surface area contributed by atoms with Gasteiger partial charge in [0.1, 0.15) is 5.75 Å². The first-order valence-corrected chi connectivity index (χ1v) is 9.05. The Bertz CT molecular complexity index is 706. The van der Waals surface area contributed by atoms with Gasteiger partial charge in [-0.3, -0.25) is 4.79 Å². The molecule has 0 aliphatic rings. The molecule has 0 spiro atoms. The molecule has 2 aromatic carbocycles. The van der Waals surface area contributed by atoms with Crippen molar-refractivity contribution in [2.75, 3.05) is 0 Å². The van der Waals surface area contributed by atoms with Gasteiger partial charge in [0.15, 0.2) is 6.10 Å². The van der Waals surface area contributed by atoms with Crippen LogP contribution >= 0.6 is 0 Å². The van der Waals surface area contributed by atoms with Crippen LogP contribution in [0, 0.1) is 20.8 Å². The van der Waals surface area contributed by atoms with Gasteiger partial charge in [0.05, 0.1) is 6.04 Å². The third-order valence-electron chi connectivity index (χ3n) is 4.48. The molecule has 25 heavy (non-hydrogen) atoms. The maximum atomic E-state index is 12.7. The van der Waals surface area contributed by atoms with E-state index in [-0.39, 0.29) is 11.9 Å². The lowest BCUT2D eigenvalue weighted by Crippen LogP contribution is -2.40. The zero-order valence-corrected chi connectivity index (χ0v) is 15.9. The molecule has 1 N–H and O–H groups in total. The van der Waals surface area contributed by atoms with E-state index in [0.29, 0.717) is 6.42 Å². The molecule has 2 aromatic rings. The second-order valence-corrected chi connectivity index (χ2v) is 6.66. The van der Waals surface area contributed by atoms with Gasteiger partial charge in [0, 0.05) is 0 Å². The van der Waals surface area contributed by atoms with E-state index in [4.69, 9.17) is 4.74 Å². The van der Waals surface area contributed by atoms with E-state index in [1.165, 1.54) is 5.56 Å². The van der Waals surface area contributed by atoms with Crippen molar-refractivity contribution in [1.82, 2.24) is 5.32 Å². The molecule has 0 saturated carbocycles. The average Bonchev–Trinajstić information content (AvgIpc) is 2.61. The van der Waals surface area contributed by atoms with Crippen LogP contribution in [-0.2, 0) is 4.79 Å². The highest BCUT2D eigenvalue weighted by molar-refractivity contribution is 5.81. The first kappa shape index (κ1) is 19.0. The summed E-state index contributed by atoms with van der Waals surface area (Å²) in [7, 11) is 0. The highest BCUT2D eigenvalue weighted by atomic mass is 16.5. The molecule has 3 nitrogen and oxygen atoms in total. The van der Waals surface area contributed by atoms with Crippen molar-refractivity contribution in [2.45, 2.75) is 59.6 Å². The summed E-state index contributed by atoms with van der Waals surface area (Å²) in [4.78, 5) is 12.7. The Morgan fingerprint density at radius 1 is 0.960 bits per heavy atom. The number of benzene rings is 2. The van der Waals surface area contributed by atoms with Crippen molar-refractivity contribution < 1.29 is 9.53 Å². The van der Waals surface area contributed by atoms with Crippen LogP contribution in [0.25, 0.3) is 0 Å². The summed E-state index contributed by atoms with van der Waals surface area (Å²) < 4.78 is 6.03. The molecule has 0 aliphatic carbocycles. The van der Waals surface area contributed by atoms with Crippen LogP contribution < -0.4 is 10.1 Å². The Balaban J connectivity index is 2.10. The number of ether oxygens (including phenoxy) is 1. The predicted molar refractivity (Wildman–Crippen MR) is 103 cm³/mol. The zero-order valence-electron chi connectivity index (χ0n) is 15.9. The largest absolute Gasteiger partial charge is 0.480 e. The smallest absolute Gasteiger partial charge is 0.261 e. The fourth-order valence-corrected chi connectivity index (χ4v) is 2.79. The number of hydrogen-bond donors (Lipinski definition) is 1. The van der Waals surface area contributed by atoms with Crippen LogP contribution in [-0.4, -0.2) is 12.0 Å². The monoisotopic (exact) mass is 339 g/mol. The van der Waals surface area contributed by atoms with Gasteiger partial charge in [-0.1, -0.05) is 55.8 Å². The number of carbonyl (C=O) groups excluding carboxylic acids is 1. The minimum absolute atomic E-state index is 0.00403. The van der Waals surface area contributed by atoms with Gasteiger partial charge in [-0.15, -0.1) is 0 Å². The maximum Gasteiger partial charge on any atom is 0.261 e. The summed E-state index contributed by atoms with van der Waals surface area (Å²) >= 11 is 0. The number of carbonyl (C=O) groups is 1. The molecule has 134 valence electrons. The highest BCUT2D eigenvalue weighted by Crippen LogP contribution is 2.22. The van der Waals surface area contributed by atoms with Gasteiger partial charge in [-0.05, 0) is 56.4 Å². The molecule has 0 saturated heterocycles. The Labute approximate surface area is 151 Å². The molecule has 0 fully saturated rings. The maximum absolute atomic E-state index is 12.7. The van der Waals surface area contributed by atoms with Gasteiger partial charge in [-0.25, -0.2) is 0 Å². The minimum Gasteiger partial charge on any atom is -0.480 e. The number of hydrogen-bond acceptors (Lipinski definition) is 2. The molecular weight excluding hydrogens is 310 g/mol. The quantitative estimate of drug-likeness (QED) is 0.768. The average molecular weight is 339 g/mol. The molecule has 3 heteroatoms. The van der Waals surface area contributed by atoms with Crippen LogP contribution in [0.4, 0.5) is 0 Å². The van der Waals surface area contributed by atoms with E-state index in [1.807, 2.05) is 39.0 Å². The topological polar surface area (TPSA) is 38.3 Å². The van der Waals surface area contributed by atoms with Gasteiger partial charge in [0.2, 0.25) is 0 Å². The summed E-state index contributed by atoms with van der Waals surface area (Å²) in [5.74, 6) is 0.723. The lowest BCUT2D eigenvalue weighted by atomic mass is 10.0. The first-order valence-electron chi connectivity index (χ1n) is 9.05. The van der Waals surface area contributed by atoms with E-state index in [2.05, 4.69) is 43.4 Å². The molecule has 0 aliphatic heterocycles. The Morgan fingerprint density at radius 3 is 2.20 bits per heavy atom. The summed E-state index contributed by atoms with van der Waals surface area (Å²) in [6.07, 6.45) is 0.984. The van der Waals surface area contributed by atoms with Crippen molar-refractivity contribution in [3.05, 3.63) is 64.7 Å². The SMILES string of the molecule is CC[C@H](Oc1cc(C)ccc1C)C(=O)N[C@@H](CC)c1ccc(C)cc1. The van der Waals surface area contributed by atoms with E-state index in [0.717, 1.165) is 28.9 Å². The van der Waals surface area contributed by atoms with Crippen LogP contribution in [0.2, 0.25) is 0 Å². The minimum atomic E-state index is -0.486. The van der Waals surface area contributed by atoms with Crippen molar-refractivity contribution in [2.24, 2.45) is 0 Å². The number of nitrogens with one attached hydrogen (secondary N) is 1. The molecular formula is C22H29NO2. The van der Waals surface area contributed by atoms with Crippen LogP contribution in [0.1, 0.15) is 55.0 Å². The molecule has 2 atom stereocenters. The predicted octanol–water partition coefficient (Wildman–Crippen LogP) is 5.04. The summed E-state index contributed by atoms with van der Waals surface area (Å²) in [5, 5.41) is 3.14. The molecule has 1 amide bonds. The standard InChI is InChI=1S/C22H29NO2/c1-6-19(18-12-9-15(3)10-13-18)23-22(24)20(7-2)25-21-14-16(4)8-11-17(21)5/h8-14,19-20H,6-7H2,1-5H3,(H,23,24)/t19-,20-/m0/s1. The van der Waals surface area contributed by atoms with Gasteiger partial charge < -0.3 is 10.1 Å².